The summed E-state index contributed by atoms with van der Waals surface area (Å²) in [6.07, 6.45) is 1.64. The zero-order chi connectivity index (χ0) is 10.8. The third-order valence-electron chi connectivity index (χ3n) is 2.04. The highest BCUT2D eigenvalue weighted by atomic mass is 32.1. The summed E-state index contributed by atoms with van der Waals surface area (Å²) in [5.41, 5.74) is 7.67. The van der Waals surface area contributed by atoms with Crippen LogP contribution in [-0.4, -0.2) is 10.8 Å². The predicted octanol–water partition coefficient (Wildman–Crippen LogP) is 2.40. The summed E-state index contributed by atoms with van der Waals surface area (Å²) in [4.78, 5) is 4.96. The summed E-state index contributed by atoms with van der Waals surface area (Å²) in [5.74, 6) is 0.0754. The van der Waals surface area contributed by atoms with Gasteiger partial charge in [0.25, 0.3) is 0 Å². The maximum Gasteiger partial charge on any atom is 0.134 e. The van der Waals surface area contributed by atoms with E-state index in [0.29, 0.717) is 4.88 Å². The summed E-state index contributed by atoms with van der Waals surface area (Å²) in [5, 5.41) is 8.21. The Morgan fingerprint density at radius 3 is 2.87 bits per heavy atom. The Hall–Kier alpha value is -1.68. The lowest BCUT2D eigenvalue weighted by molar-refractivity contribution is 1.38. The summed E-state index contributed by atoms with van der Waals surface area (Å²) in [6.45, 7) is 2.04. The standard InChI is InChI=1S/C11H11N3S/c1-7-3-2-4-8(5-7)11-14-6-9(15-11)10(12)13/h2-6H,1H3,(H3,12,13). The molecule has 0 amide bonds. The summed E-state index contributed by atoms with van der Waals surface area (Å²) in [6, 6.07) is 8.13. The molecule has 0 fully saturated rings. The number of hydrogen-bond acceptors (Lipinski definition) is 3. The van der Waals surface area contributed by atoms with Gasteiger partial charge in [0.15, 0.2) is 0 Å². The van der Waals surface area contributed by atoms with Crippen LogP contribution in [0.2, 0.25) is 0 Å². The largest absolute Gasteiger partial charge is 0.383 e. The minimum absolute atomic E-state index is 0.0754. The van der Waals surface area contributed by atoms with Gasteiger partial charge in [0.05, 0.1) is 4.88 Å². The molecule has 4 heteroatoms. The maximum atomic E-state index is 7.30. The summed E-state index contributed by atoms with van der Waals surface area (Å²) >= 11 is 1.44. The number of nitrogens with two attached hydrogens (primary N) is 1. The number of hydrogen-bond donors (Lipinski definition) is 2. The highest BCUT2D eigenvalue weighted by molar-refractivity contribution is 7.16. The molecule has 0 radical (unpaired) electrons. The fraction of sp³-hybridized carbons (Fsp3) is 0.0909. The van der Waals surface area contributed by atoms with Crippen molar-refractivity contribution in [3.05, 3.63) is 40.9 Å². The highest BCUT2D eigenvalue weighted by Crippen LogP contribution is 2.25. The molecule has 0 aliphatic heterocycles. The van der Waals surface area contributed by atoms with E-state index in [1.165, 1.54) is 16.9 Å². The molecule has 1 aromatic heterocycles. The van der Waals surface area contributed by atoms with E-state index in [2.05, 4.69) is 11.1 Å². The zero-order valence-corrected chi connectivity index (χ0v) is 9.14. The van der Waals surface area contributed by atoms with E-state index in [9.17, 15) is 0 Å². The van der Waals surface area contributed by atoms with Gasteiger partial charge in [-0.15, -0.1) is 11.3 Å². The SMILES string of the molecule is Cc1cccc(-c2ncc(C(=N)N)s2)c1. The van der Waals surface area contributed by atoms with Crippen LogP contribution in [0, 0.1) is 12.3 Å². The third kappa shape index (κ3) is 2.05. The molecular formula is C11H11N3S. The molecule has 0 aliphatic carbocycles. The van der Waals surface area contributed by atoms with Crippen LogP contribution in [0.1, 0.15) is 10.4 Å². The Kier molecular flexibility index (Phi) is 2.51. The first kappa shape index (κ1) is 9.86. The second-order valence-electron chi connectivity index (χ2n) is 3.31. The van der Waals surface area contributed by atoms with Crippen LogP contribution in [0.3, 0.4) is 0 Å². The minimum atomic E-state index is 0.0754. The molecule has 15 heavy (non-hydrogen) atoms. The highest BCUT2D eigenvalue weighted by Gasteiger charge is 2.06. The lowest BCUT2D eigenvalue weighted by atomic mass is 10.1. The topological polar surface area (TPSA) is 62.8 Å². The molecule has 0 aliphatic rings. The summed E-state index contributed by atoms with van der Waals surface area (Å²) < 4.78 is 0. The lowest BCUT2D eigenvalue weighted by Gasteiger charge is -1.96. The number of thiazole rings is 1. The van der Waals surface area contributed by atoms with Gasteiger partial charge in [-0.05, 0) is 13.0 Å². The molecular weight excluding hydrogens is 206 g/mol. The number of nitrogen functional groups attached to an aromatic ring is 1. The van der Waals surface area contributed by atoms with Crippen LogP contribution in [0.5, 0.6) is 0 Å². The van der Waals surface area contributed by atoms with Crippen molar-refractivity contribution in [2.24, 2.45) is 5.73 Å². The molecule has 3 N–H and O–H groups in total. The fourth-order valence-corrected chi connectivity index (χ4v) is 2.08. The van der Waals surface area contributed by atoms with E-state index in [-0.39, 0.29) is 5.84 Å². The Labute approximate surface area is 92.1 Å². The zero-order valence-electron chi connectivity index (χ0n) is 8.32. The molecule has 76 valence electrons. The number of benzene rings is 1. The van der Waals surface area contributed by atoms with Crippen molar-refractivity contribution < 1.29 is 0 Å². The van der Waals surface area contributed by atoms with Crippen molar-refractivity contribution in [2.75, 3.05) is 0 Å². The van der Waals surface area contributed by atoms with Crippen LogP contribution in [0.25, 0.3) is 10.6 Å². The number of aromatic nitrogens is 1. The lowest BCUT2D eigenvalue weighted by Crippen LogP contribution is -2.08. The van der Waals surface area contributed by atoms with Crippen LogP contribution >= 0.6 is 11.3 Å². The van der Waals surface area contributed by atoms with Crippen molar-refractivity contribution in [2.45, 2.75) is 6.92 Å². The van der Waals surface area contributed by atoms with E-state index in [1.807, 2.05) is 25.1 Å². The van der Waals surface area contributed by atoms with Crippen molar-refractivity contribution in [1.82, 2.24) is 4.98 Å². The van der Waals surface area contributed by atoms with Gasteiger partial charge >= 0.3 is 0 Å². The van der Waals surface area contributed by atoms with Crippen molar-refractivity contribution in [3.63, 3.8) is 0 Å². The van der Waals surface area contributed by atoms with Gasteiger partial charge in [-0.1, -0.05) is 23.8 Å². The molecule has 0 saturated carbocycles. The molecule has 0 bridgehead atoms. The second-order valence-corrected chi connectivity index (χ2v) is 4.34. The van der Waals surface area contributed by atoms with Gasteiger partial charge in [0, 0.05) is 11.8 Å². The Morgan fingerprint density at radius 1 is 1.47 bits per heavy atom. The number of nitrogens with one attached hydrogen (secondary N) is 1. The van der Waals surface area contributed by atoms with Gasteiger partial charge in [0.1, 0.15) is 10.8 Å². The van der Waals surface area contributed by atoms with Gasteiger partial charge in [-0.3, -0.25) is 5.41 Å². The summed E-state index contributed by atoms with van der Waals surface area (Å²) in [7, 11) is 0. The molecule has 1 aromatic carbocycles. The monoisotopic (exact) mass is 217 g/mol. The normalized spacial score (nSPS) is 10.2. The molecule has 2 aromatic rings. The quantitative estimate of drug-likeness (QED) is 0.599. The Bertz CT molecular complexity index is 502. The van der Waals surface area contributed by atoms with Crippen LogP contribution < -0.4 is 5.73 Å². The number of nitrogens with zero attached hydrogens (tertiary/aromatic N) is 1. The maximum absolute atomic E-state index is 7.30. The van der Waals surface area contributed by atoms with E-state index in [0.717, 1.165) is 10.6 Å². The molecule has 0 saturated heterocycles. The first-order valence-corrected chi connectivity index (χ1v) is 5.36. The number of amidine groups is 1. The minimum Gasteiger partial charge on any atom is -0.383 e. The average molecular weight is 217 g/mol. The predicted molar refractivity (Wildman–Crippen MR) is 63.3 cm³/mol. The molecule has 1 heterocycles. The van der Waals surface area contributed by atoms with E-state index >= 15 is 0 Å². The van der Waals surface area contributed by atoms with E-state index in [4.69, 9.17) is 11.1 Å². The van der Waals surface area contributed by atoms with Crippen molar-refractivity contribution in [3.8, 4) is 10.6 Å². The number of aryl methyl sites for hydroxylation is 1. The van der Waals surface area contributed by atoms with E-state index in [1.54, 1.807) is 6.20 Å². The van der Waals surface area contributed by atoms with Crippen molar-refractivity contribution >= 4 is 17.2 Å². The fourth-order valence-electron chi connectivity index (χ4n) is 1.31. The molecule has 0 unspecified atom stereocenters. The Morgan fingerprint density at radius 2 is 2.27 bits per heavy atom. The number of rotatable bonds is 2. The molecule has 0 atom stereocenters. The third-order valence-corrected chi connectivity index (χ3v) is 3.12. The van der Waals surface area contributed by atoms with Gasteiger partial charge in [-0.25, -0.2) is 4.98 Å². The Balaban J connectivity index is 2.41. The van der Waals surface area contributed by atoms with Gasteiger partial charge in [0.2, 0.25) is 0 Å². The smallest absolute Gasteiger partial charge is 0.134 e. The van der Waals surface area contributed by atoms with Crippen LogP contribution in [0.4, 0.5) is 0 Å². The molecule has 3 nitrogen and oxygen atoms in total. The van der Waals surface area contributed by atoms with Gasteiger partial charge in [-0.2, -0.15) is 0 Å². The van der Waals surface area contributed by atoms with Crippen LogP contribution in [0.15, 0.2) is 30.5 Å². The molecule has 0 spiro atoms. The average Bonchev–Trinajstić information content (AvgIpc) is 2.66. The van der Waals surface area contributed by atoms with Crippen LogP contribution in [-0.2, 0) is 0 Å². The van der Waals surface area contributed by atoms with E-state index < -0.39 is 0 Å². The van der Waals surface area contributed by atoms with Crippen molar-refractivity contribution in [1.29, 1.82) is 5.41 Å². The second kappa shape index (κ2) is 3.82. The first-order valence-electron chi connectivity index (χ1n) is 4.54. The molecule has 2 rings (SSSR count). The van der Waals surface area contributed by atoms with Gasteiger partial charge < -0.3 is 5.73 Å². The first-order chi connectivity index (χ1) is 7.16.